The molecule has 216 valence electrons. The van der Waals surface area contributed by atoms with Crippen molar-refractivity contribution in [3.63, 3.8) is 0 Å². The maximum Gasteiger partial charge on any atom is 0.416 e. The number of thioether (sulfide) groups is 1. The van der Waals surface area contributed by atoms with E-state index in [9.17, 15) is 31.1 Å². The van der Waals surface area contributed by atoms with Crippen molar-refractivity contribution in [1.82, 2.24) is 5.32 Å². The molecule has 1 aliphatic heterocycles. The number of amides is 1. The van der Waals surface area contributed by atoms with E-state index >= 15 is 0 Å². The number of ether oxygens (including phenoxy) is 2. The van der Waals surface area contributed by atoms with Crippen LogP contribution in [0.5, 0.6) is 11.5 Å². The molecule has 0 aromatic heterocycles. The third kappa shape index (κ3) is 7.32. The Morgan fingerprint density at radius 2 is 1.73 bits per heavy atom. The van der Waals surface area contributed by atoms with Crippen LogP contribution in [0.25, 0.3) is 0 Å². The Kier molecular flexibility index (Phi) is 9.06. The number of allylic oxidation sites excluding steroid dienone is 1. The fourth-order valence-corrected chi connectivity index (χ4v) is 5.59. The lowest BCUT2D eigenvalue weighted by Gasteiger charge is -2.17. The second-order valence-electron chi connectivity index (χ2n) is 9.71. The molecule has 0 radical (unpaired) electrons. The van der Waals surface area contributed by atoms with Crippen molar-refractivity contribution in [1.29, 1.82) is 0 Å². The fraction of sp³-hybridized carbons (Fsp3) is 0.429. The van der Waals surface area contributed by atoms with E-state index in [2.05, 4.69) is 5.32 Å². The first kappa shape index (κ1) is 29.8. The lowest BCUT2D eigenvalue weighted by Crippen LogP contribution is -2.22. The normalized spacial score (nSPS) is 19.1. The van der Waals surface area contributed by atoms with Crippen molar-refractivity contribution in [2.24, 2.45) is 4.99 Å². The maximum absolute atomic E-state index is 13.5. The number of halogens is 6. The summed E-state index contributed by atoms with van der Waals surface area (Å²) in [6.07, 6.45) is -3.99. The molecule has 2 aromatic carbocycles. The highest BCUT2D eigenvalue weighted by Crippen LogP contribution is 2.39. The molecule has 40 heavy (non-hydrogen) atoms. The molecule has 2 aliphatic rings. The van der Waals surface area contributed by atoms with Gasteiger partial charge in [0.2, 0.25) is 0 Å². The third-order valence-corrected chi connectivity index (χ3v) is 7.85. The van der Waals surface area contributed by atoms with Gasteiger partial charge in [-0.3, -0.25) is 9.79 Å². The number of hydrogen-bond donors (Lipinski definition) is 1. The lowest BCUT2D eigenvalue weighted by atomic mass is 9.96. The largest absolute Gasteiger partial charge is 0.493 e. The Hall–Kier alpha value is -3.15. The number of alkyl halides is 6. The van der Waals surface area contributed by atoms with Gasteiger partial charge in [-0.15, -0.1) is 0 Å². The predicted molar refractivity (Wildman–Crippen MR) is 140 cm³/mol. The van der Waals surface area contributed by atoms with E-state index in [-0.39, 0.29) is 29.5 Å². The Balaban J connectivity index is 1.47. The minimum absolute atomic E-state index is 0.0811. The van der Waals surface area contributed by atoms with Gasteiger partial charge in [0.15, 0.2) is 16.7 Å². The van der Waals surface area contributed by atoms with Crippen LogP contribution in [0.4, 0.5) is 26.3 Å². The van der Waals surface area contributed by atoms with E-state index < -0.39 is 35.6 Å². The van der Waals surface area contributed by atoms with Gasteiger partial charge in [0, 0.05) is 5.56 Å². The van der Waals surface area contributed by atoms with Gasteiger partial charge in [0.25, 0.3) is 5.91 Å². The zero-order valence-corrected chi connectivity index (χ0v) is 22.7. The minimum Gasteiger partial charge on any atom is -0.493 e. The van der Waals surface area contributed by atoms with Crippen LogP contribution in [0.2, 0.25) is 0 Å². The second kappa shape index (κ2) is 12.2. The summed E-state index contributed by atoms with van der Waals surface area (Å²) in [5.41, 5.74) is -1.67. The number of nitrogens with zero attached hydrogens (tertiary/aromatic N) is 1. The van der Waals surface area contributed by atoms with Gasteiger partial charge in [0.1, 0.15) is 6.61 Å². The number of carbonyl (C=O) groups excluding carboxylic acids is 1. The summed E-state index contributed by atoms with van der Waals surface area (Å²) in [4.78, 5) is 17.8. The lowest BCUT2D eigenvalue weighted by molar-refractivity contribution is -0.143. The van der Waals surface area contributed by atoms with E-state index in [1.165, 1.54) is 31.4 Å². The summed E-state index contributed by atoms with van der Waals surface area (Å²) < 4.78 is 90.2. The van der Waals surface area contributed by atoms with Gasteiger partial charge in [-0.05, 0) is 73.4 Å². The van der Waals surface area contributed by atoms with Crippen molar-refractivity contribution in [2.75, 3.05) is 7.11 Å². The quantitative estimate of drug-likeness (QED) is 0.267. The number of amidine groups is 1. The number of carbonyl (C=O) groups is 1. The van der Waals surface area contributed by atoms with Crippen molar-refractivity contribution in [3.05, 3.63) is 69.1 Å². The average molecular weight is 587 g/mol. The number of nitrogens with one attached hydrogen (secondary N) is 1. The zero-order valence-electron chi connectivity index (χ0n) is 21.8. The summed E-state index contributed by atoms with van der Waals surface area (Å²) >= 11 is 1.32. The molecular formula is C28H28F6N2O3S. The molecule has 5 nitrogen and oxygen atoms in total. The summed E-state index contributed by atoms with van der Waals surface area (Å²) in [6.45, 7) is 1.22. The Morgan fingerprint density at radius 3 is 2.38 bits per heavy atom. The maximum atomic E-state index is 13.5. The zero-order chi connectivity index (χ0) is 29.1. The Labute approximate surface area is 232 Å². The third-order valence-electron chi connectivity index (χ3n) is 6.71. The molecule has 0 unspecified atom stereocenters. The van der Waals surface area contributed by atoms with Crippen molar-refractivity contribution < 1.29 is 40.6 Å². The highest BCUT2D eigenvalue weighted by molar-refractivity contribution is 8.18. The van der Waals surface area contributed by atoms with Crippen molar-refractivity contribution in [3.8, 4) is 11.5 Å². The summed E-state index contributed by atoms with van der Waals surface area (Å²) in [5.74, 6) is 0.152. The standard InChI is InChI=1S/C28H28F6N2O3S/c1-16(24-25(37)36-26(40-24)35-20-6-4-3-5-7-20)12-17-8-11-22(23(13-17)38-2)39-15-18-9-10-19(27(29,30)31)14-21(18)28(32,33)34/h8-11,13-14,20H,3-7,12,15H2,1-2H3,(H,35,36,37)/b24-16+. The Bertz CT molecular complexity index is 1310. The van der Waals surface area contributed by atoms with E-state index in [0.29, 0.717) is 22.6 Å². The highest BCUT2D eigenvalue weighted by Gasteiger charge is 2.38. The molecule has 1 amide bonds. The number of rotatable bonds is 7. The molecule has 2 fully saturated rings. The first-order chi connectivity index (χ1) is 18.8. The van der Waals surface area contributed by atoms with Gasteiger partial charge in [-0.1, -0.05) is 31.4 Å². The molecule has 0 bridgehead atoms. The molecule has 2 aromatic rings. The first-order valence-corrected chi connectivity index (χ1v) is 13.5. The smallest absolute Gasteiger partial charge is 0.416 e. The van der Waals surface area contributed by atoms with Crippen LogP contribution in [0.3, 0.4) is 0 Å². The molecule has 4 rings (SSSR count). The SMILES string of the molecule is COc1cc(C/C(C)=C2/SC(=NC3CCCCC3)NC2=O)ccc1OCc1ccc(C(F)(F)F)cc1C(F)(F)F. The van der Waals surface area contributed by atoms with Gasteiger partial charge in [0.05, 0.1) is 29.2 Å². The minimum atomic E-state index is -5.00. The summed E-state index contributed by atoms with van der Waals surface area (Å²) in [7, 11) is 1.37. The van der Waals surface area contributed by atoms with Gasteiger partial charge < -0.3 is 14.8 Å². The average Bonchev–Trinajstić information content (AvgIpc) is 3.27. The van der Waals surface area contributed by atoms with Crippen LogP contribution in [-0.4, -0.2) is 24.2 Å². The second-order valence-corrected chi connectivity index (χ2v) is 10.7. The molecule has 1 heterocycles. The van der Waals surface area contributed by atoms with Crippen LogP contribution in [-0.2, 0) is 30.2 Å². The van der Waals surface area contributed by atoms with Crippen LogP contribution >= 0.6 is 11.8 Å². The molecule has 1 aliphatic carbocycles. The Morgan fingerprint density at radius 1 is 1.00 bits per heavy atom. The number of methoxy groups -OCH3 is 1. The van der Waals surface area contributed by atoms with E-state index in [0.717, 1.165) is 42.9 Å². The predicted octanol–water partition coefficient (Wildman–Crippen LogP) is 7.68. The monoisotopic (exact) mass is 586 g/mol. The van der Waals surface area contributed by atoms with Gasteiger partial charge >= 0.3 is 12.4 Å². The van der Waals surface area contributed by atoms with Gasteiger partial charge in [-0.2, -0.15) is 26.3 Å². The number of benzene rings is 2. The van der Waals surface area contributed by atoms with Crippen LogP contribution in [0.1, 0.15) is 61.3 Å². The van der Waals surface area contributed by atoms with E-state index in [4.69, 9.17) is 14.5 Å². The molecule has 1 saturated carbocycles. The fourth-order valence-electron chi connectivity index (χ4n) is 4.66. The van der Waals surface area contributed by atoms with Crippen molar-refractivity contribution in [2.45, 2.75) is 70.4 Å². The van der Waals surface area contributed by atoms with Crippen LogP contribution in [0, 0.1) is 0 Å². The molecular weight excluding hydrogens is 558 g/mol. The first-order valence-electron chi connectivity index (χ1n) is 12.7. The summed E-state index contributed by atoms with van der Waals surface area (Å²) in [5, 5.41) is 3.44. The molecule has 0 spiro atoms. The molecule has 1 saturated heterocycles. The topological polar surface area (TPSA) is 59.9 Å². The van der Waals surface area contributed by atoms with E-state index in [1.807, 2.05) is 6.92 Å². The van der Waals surface area contributed by atoms with Crippen LogP contribution in [0.15, 0.2) is 51.9 Å². The summed E-state index contributed by atoms with van der Waals surface area (Å²) in [6, 6.07) is 6.51. The molecule has 0 atom stereocenters. The van der Waals surface area contributed by atoms with Crippen LogP contribution < -0.4 is 14.8 Å². The van der Waals surface area contributed by atoms with Gasteiger partial charge in [-0.25, -0.2) is 0 Å². The molecule has 12 heteroatoms. The number of aliphatic imine (C=N–C) groups is 1. The van der Waals surface area contributed by atoms with E-state index in [1.54, 1.807) is 12.1 Å². The number of hydrogen-bond acceptors (Lipinski definition) is 5. The van der Waals surface area contributed by atoms with Crippen molar-refractivity contribution >= 4 is 22.8 Å². The molecule has 1 N–H and O–H groups in total. The highest BCUT2D eigenvalue weighted by atomic mass is 32.2.